The van der Waals surface area contributed by atoms with Crippen molar-refractivity contribution in [2.75, 3.05) is 12.0 Å². The normalized spacial score (nSPS) is 10.8. The summed E-state index contributed by atoms with van der Waals surface area (Å²) in [4.78, 5) is 11.3. The summed E-state index contributed by atoms with van der Waals surface area (Å²) in [5.41, 5.74) is 3.53. The maximum atomic E-state index is 11.3. The Balaban J connectivity index is 2.13. The van der Waals surface area contributed by atoms with Crippen LogP contribution in [0.4, 0.5) is 5.69 Å². The van der Waals surface area contributed by atoms with Crippen LogP contribution in [-0.4, -0.2) is 28.1 Å². The molecule has 3 N–H and O–H groups in total. The Morgan fingerprint density at radius 2 is 2.38 bits per heavy atom. The number of phenolic OH excluding ortho intramolecular Hbond substituents is 1. The number of hydrogen-bond acceptors (Lipinski definition) is 6. The number of H-pyrrole nitrogens is 1. The molecule has 0 radical (unpaired) electrons. The fourth-order valence-electron chi connectivity index (χ4n) is 1.52. The van der Waals surface area contributed by atoms with Crippen LogP contribution < -0.4 is 15.7 Å². The molecule has 0 amide bonds. The lowest BCUT2D eigenvalue weighted by Gasteiger charge is -2.06. The van der Waals surface area contributed by atoms with Gasteiger partial charge in [0.15, 0.2) is 11.5 Å². The largest absolute Gasteiger partial charge is 0.504 e. The van der Waals surface area contributed by atoms with Crippen LogP contribution in [0.3, 0.4) is 0 Å². The van der Waals surface area contributed by atoms with Crippen molar-refractivity contribution in [1.82, 2.24) is 10.2 Å². The summed E-state index contributed by atoms with van der Waals surface area (Å²) in [5, 5.41) is 19.6. The van der Waals surface area contributed by atoms with Crippen LogP contribution in [0.25, 0.3) is 0 Å². The number of phenols is 1. The lowest BCUT2D eigenvalue weighted by molar-refractivity contribution is 0.318. The second kappa shape index (κ2) is 6.89. The van der Waals surface area contributed by atoms with Gasteiger partial charge in [0.2, 0.25) is 0 Å². The topological polar surface area (TPSA) is 99.6 Å². The van der Waals surface area contributed by atoms with Crippen molar-refractivity contribution in [2.45, 2.75) is 6.92 Å². The Morgan fingerprint density at radius 1 is 1.57 bits per heavy atom. The standard InChI is InChI=1S/C13H13BrN4O3/c1-2-21-11-5-8(3-4-10(11)19)6-15-17-9-7-16-18-13(20)12(9)14/h3-7,19H,2H2,1H3,(H2,17,18,20)/b15-6+. The average Bonchev–Trinajstić information content (AvgIpc) is 2.47. The summed E-state index contributed by atoms with van der Waals surface area (Å²) in [6, 6.07) is 4.88. The molecule has 0 atom stereocenters. The molecule has 0 spiro atoms. The average molecular weight is 353 g/mol. The Morgan fingerprint density at radius 3 is 3.14 bits per heavy atom. The van der Waals surface area contributed by atoms with Gasteiger partial charge in [-0.05, 0) is 46.6 Å². The van der Waals surface area contributed by atoms with E-state index in [2.05, 4.69) is 36.7 Å². The third-order valence-corrected chi connectivity index (χ3v) is 3.27. The van der Waals surface area contributed by atoms with Crippen LogP contribution >= 0.6 is 15.9 Å². The molecule has 0 aliphatic rings. The molecule has 0 aliphatic carbocycles. The summed E-state index contributed by atoms with van der Waals surface area (Å²) in [5.74, 6) is 0.462. The van der Waals surface area contributed by atoms with E-state index >= 15 is 0 Å². The number of nitrogens with one attached hydrogen (secondary N) is 2. The molecular weight excluding hydrogens is 340 g/mol. The van der Waals surface area contributed by atoms with Gasteiger partial charge in [0.05, 0.1) is 24.7 Å². The van der Waals surface area contributed by atoms with Crippen molar-refractivity contribution < 1.29 is 9.84 Å². The predicted octanol–water partition coefficient (Wildman–Crippen LogP) is 2.08. The van der Waals surface area contributed by atoms with Crippen LogP contribution in [-0.2, 0) is 0 Å². The molecular formula is C13H13BrN4O3. The summed E-state index contributed by atoms with van der Waals surface area (Å²) in [7, 11) is 0. The molecule has 2 rings (SSSR count). The van der Waals surface area contributed by atoms with Crippen molar-refractivity contribution in [3.63, 3.8) is 0 Å². The zero-order chi connectivity index (χ0) is 15.2. The van der Waals surface area contributed by atoms with Crippen molar-refractivity contribution >= 4 is 27.8 Å². The fourth-order valence-corrected chi connectivity index (χ4v) is 1.80. The molecule has 1 aromatic heterocycles. The van der Waals surface area contributed by atoms with Crippen molar-refractivity contribution in [3.05, 3.63) is 44.8 Å². The van der Waals surface area contributed by atoms with Gasteiger partial charge in [-0.25, -0.2) is 5.10 Å². The molecule has 8 heteroatoms. The lowest BCUT2D eigenvalue weighted by atomic mass is 10.2. The molecule has 7 nitrogen and oxygen atoms in total. The number of hydrazone groups is 1. The number of halogens is 1. The SMILES string of the molecule is CCOc1cc(/C=N/Nc2cn[nH]c(=O)c2Br)ccc1O. The van der Waals surface area contributed by atoms with Gasteiger partial charge in [-0.1, -0.05) is 0 Å². The highest BCUT2D eigenvalue weighted by Crippen LogP contribution is 2.26. The summed E-state index contributed by atoms with van der Waals surface area (Å²) < 4.78 is 5.60. The number of benzene rings is 1. The monoisotopic (exact) mass is 352 g/mol. The second-order valence-electron chi connectivity index (χ2n) is 3.96. The molecule has 0 unspecified atom stereocenters. The Bertz CT molecular complexity index is 715. The molecule has 1 heterocycles. The summed E-state index contributed by atoms with van der Waals surface area (Å²) >= 11 is 3.14. The van der Waals surface area contributed by atoms with Crippen LogP contribution in [0.5, 0.6) is 11.5 Å². The van der Waals surface area contributed by atoms with Crippen LogP contribution in [0, 0.1) is 0 Å². The van der Waals surface area contributed by atoms with Gasteiger partial charge in [0, 0.05) is 0 Å². The van der Waals surface area contributed by atoms with Crippen LogP contribution in [0.2, 0.25) is 0 Å². The van der Waals surface area contributed by atoms with E-state index < -0.39 is 0 Å². The van der Waals surface area contributed by atoms with E-state index in [-0.39, 0.29) is 11.3 Å². The van der Waals surface area contributed by atoms with Crippen LogP contribution in [0.15, 0.2) is 38.8 Å². The van der Waals surface area contributed by atoms with Crippen molar-refractivity contribution in [1.29, 1.82) is 0 Å². The van der Waals surface area contributed by atoms with E-state index in [1.54, 1.807) is 12.1 Å². The van der Waals surface area contributed by atoms with E-state index in [0.717, 1.165) is 5.56 Å². The zero-order valence-electron chi connectivity index (χ0n) is 11.1. The Kier molecular flexibility index (Phi) is 4.94. The third kappa shape index (κ3) is 3.82. The Labute approximate surface area is 128 Å². The molecule has 110 valence electrons. The van der Waals surface area contributed by atoms with Gasteiger partial charge in [0.25, 0.3) is 5.56 Å². The molecule has 0 aliphatic heterocycles. The number of aromatic hydroxyl groups is 1. The first-order chi connectivity index (χ1) is 10.1. The van der Waals surface area contributed by atoms with E-state index in [1.165, 1.54) is 18.5 Å². The molecule has 0 fully saturated rings. The van der Waals surface area contributed by atoms with Gasteiger partial charge >= 0.3 is 0 Å². The van der Waals surface area contributed by atoms with E-state index in [1.807, 2.05) is 6.92 Å². The number of nitrogens with zero attached hydrogens (tertiary/aromatic N) is 2. The molecule has 0 saturated heterocycles. The smallest absolute Gasteiger partial charge is 0.280 e. The second-order valence-corrected chi connectivity index (χ2v) is 4.75. The summed E-state index contributed by atoms with van der Waals surface area (Å²) in [6.45, 7) is 2.29. The highest BCUT2D eigenvalue weighted by atomic mass is 79.9. The van der Waals surface area contributed by atoms with Crippen LogP contribution in [0.1, 0.15) is 12.5 Å². The zero-order valence-corrected chi connectivity index (χ0v) is 12.7. The minimum atomic E-state index is -0.349. The maximum Gasteiger partial charge on any atom is 0.280 e. The minimum Gasteiger partial charge on any atom is -0.504 e. The Hall–Kier alpha value is -2.35. The number of aromatic nitrogens is 2. The molecule has 0 saturated carbocycles. The highest BCUT2D eigenvalue weighted by molar-refractivity contribution is 9.10. The highest BCUT2D eigenvalue weighted by Gasteiger charge is 2.03. The lowest BCUT2D eigenvalue weighted by Crippen LogP contribution is -2.10. The first-order valence-corrected chi connectivity index (χ1v) is 6.89. The molecule has 21 heavy (non-hydrogen) atoms. The van der Waals surface area contributed by atoms with Crippen molar-refractivity contribution in [2.24, 2.45) is 5.10 Å². The van der Waals surface area contributed by atoms with E-state index in [9.17, 15) is 9.90 Å². The first kappa shape index (κ1) is 15.0. The third-order valence-electron chi connectivity index (χ3n) is 2.48. The number of rotatable bonds is 5. The molecule has 2 aromatic rings. The minimum absolute atomic E-state index is 0.0727. The number of hydrogen-bond donors (Lipinski definition) is 3. The van der Waals surface area contributed by atoms with Gasteiger partial charge in [-0.2, -0.15) is 10.2 Å². The maximum absolute atomic E-state index is 11.3. The molecule has 1 aromatic carbocycles. The molecule has 0 bridgehead atoms. The van der Waals surface area contributed by atoms with E-state index in [0.29, 0.717) is 22.5 Å². The van der Waals surface area contributed by atoms with Crippen molar-refractivity contribution in [3.8, 4) is 11.5 Å². The van der Waals surface area contributed by atoms with E-state index in [4.69, 9.17) is 4.74 Å². The fraction of sp³-hybridized carbons (Fsp3) is 0.154. The van der Waals surface area contributed by atoms with Gasteiger partial charge in [0.1, 0.15) is 4.47 Å². The van der Waals surface area contributed by atoms with Gasteiger partial charge in [-0.3, -0.25) is 10.2 Å². The quantitative estimate of drug-likeness (QED) is 0.565. The number of ether oxygens (including phenoxy) is 1. The number of aromatic amines is 1. The summed E-state index contributed by atoms with van der Waals surface area (Å²) in [6.07, 6.45) is 2.97. The number of anilines is 1. The van der Waals surface area contributed by atoms with Gasteiger partial charge in [-0.15, -0.1) is 0 Å². The van der Waals surface area contributed by atoms with Gasteiger partial charge < -0.3 is 9.84 Å². The first-order valence-electron chi connectivity index (χ1n) is 6.10. The predicted molar refractivity (Wildman–Crippen MR) is 83.1 cm³/mol.